The zero-order valence-electron chi connectivity index (χ0n) is 70.9. The fourth-order valence-corrected chi connectivity index (χ4v) is 21.2. The monoisotopic (exact) mass is 1510 g/mol. The number of hydrogen-bond donors (Lipinski definition) is 0. The summed E-state index contributed by atoms with van der Waals surface area (Å²) in [6, 6.07) is 3.09. The number of imide groups is 2. The van der Waals surface area contributed by atoms with E-state index < -0.39 is 5.54 Å². The van der Waals surface area contributed by atoms with Crippen molar-refractivity contribution in [3.05, 3.63) is 77.9 Å². The van der Waals surface area contributed by atoms with Crippen molar-refractivity contribution < 1.29 is 19.2 Å². The SMILES string of the molecule is CCCCCCCCC1C(CCCCCC)CCC(CCCCCCCCn2c(=O)c3cc4c(=O)n(CCCCCCCCC5C(CCCCCCCCC(C)(CCCCC)N6C(=O)C=CC6=O)CCC(CCCCCC)C5CCCCCCCC)c(=O)c4cc3c2=O)C1CCCCCCCCN1C(=O)C=CC1=O. The topological polar surface area (TPSA) is 153 Å². The van der Waals surface area contributed by atoms with Crippen molar-refractivity contribution in [1.29, 1.82) is 0 Å². The van der Waals surface area contributed by atoms with Crippen LogP contribution < -0.4 is 22.2 Å². The highest BCUT2D eigenvalue weighted by molar-refractivity contribution is 6.14. The minimum atomic E-state index is -0.399. The molecule has 2 aliphatic heterocycles. The average Bonchev–Trinajstić information content (AvgIpc) is 1.60. The Morgan fingerprint density at radius 3 is 0.789 bits per heavy atom. The molecule has 4 heterocycles. The molecular formula is C97H160N4O8. The molecule has 2 aromatic heterocycles. The number of amides is 4. The number of fused-ring (bicyclic) bond motifs is 2. The number of aromatic nitrogens is 2. The lowest BCUT2D eigenvalue weighted by molar-refractivity contribution is -0.144. The van der Waals surface area contributed by atoms with E-state index in [9.17, 15) is 38.4 Å². The molecule has 0 saturated heterocycles. The largest absolute Gasteiger partial charge is 0.275 e. The van der Waals surface area contributed by atoms with Gasteiger partial charge >= 0.3 is 0 Å². The maximum atomic E-state index is 13.9. The Balaban J connectivity index is 0.849. The summed E-state index contributed by atoms with van der Waals surface area (Å²) < 4.78 is 2.71. The molecule has 9 unspecified atom stereocenters. The van der Waals surface area contributed by atoms with Gasteiger partial charge in [-0.1, -0.05) is 343 Å². The summed E-state index contributed by atoms with van der Waals surface area (Å²) in [5.74, 6) is 6.08. The van der Waals surface area contributed by atoms with E-state index in [2.05, 4.69) is 41.5 Å². The summed E-state index contributed by atoms with van der Waals surface area (Å²) in [4.78, 5) is 108. The van der Waals surface area contributed by atoms with Crippen molar-refractivity contribution in [2.75, 3.05) is 6.54 Å². The predicted molar refractivity (Wildman–Crippen MR) is 458 cm³/mol. The Bertz CT molecular complexity index is 3230. The van der Waals surface area contributed by atoms with Gasteiger partial charge in [0.25, 0.3) is 45.9 Å². The van der Waals surface area contributed by atoms with Crippen LogP contribution in [0, 0.1) is 47.3 Å². The number of carbonyl (C=O) groups excluding carboxylic acids is 4. The van der Waals surface area contributed by atoms with Gasteiger partial charge in [-0.2, -0.15) is 0 Å². The van der Waals surface area contributed by atoms with Crippen LogP contribution in [-0.2, 0) is 32.3 Å². The minimum absolute atomic E-state index is 0.142. The maximum absolute atomic E-state index is 13.9. The van der Waals surface area contributed by atoms with Crippen LogP contribution in [0.5, 0.6) is 0 Å². The fourth-order valence-electron chi connectivity index (χ4n) is 21.2. The smallest absolute Gasteiger partial charge is 0.261 e. The van der Waals surface area contributed by atoms with Gasteiger partial charge in [0.1, 0.15) is 0 Å². The van der Waals surface area contributed by atoms with Crippen LogP contribution in [0.25, 0.3) is 21.5 Å². The molecule has 0 N–H and O–H groups in total. The van der Waals surface area contributed by atoms with Crippen LogP contribution in [0.1, 0.15) is 433 Å². The van der Waals surface area contributed by atoms with Crippen LogP contribution in [0.3, 0.4) is 0 Å². The molecule has 0 radical (unpaired) electrons. The molecule has 9 atom stereocenters. The minimum Gasteiger partial charge on any atom is -0.275 e. The van der Waals surface area contributed by atoms with Crippen LogP contribution in [-0.4, -0.2) is 54.6 Å². The molecule has 1 aromatic carbocycles. The summed E-state index contributed by atoms with van der Waals surface area (Å²) in [5, 5.41) is 1.03. The lowest BCUT2D eigenvalue weighted by Crippen LogP contribution is -2.49. The average molecular weight is 1510 g/mol. The van der Waals surface area contributed by atoms with E-state index in [0.717, 1.165) is 163 Å². The van der Waals surface area contributed by atoms with Crippen molar-refractivity contribution in [3.8, 4) is 0 Å². The molecule has 12 nitrogen and oxygen atoms in total. The van der Waals surface area contributed by atoms with Crippen LogP contribution in [0.4, 0.5) is 0 Å². The molecule has 2 fully saturated rings. The second kappa shape index (κ2) is 52.6. The molecular weight excluding hydrogens is 1350 g/mol. The zero-order valence-corrected chi connectivity index (χ0v) is 70.9. The van der Waals surface area contributed by atoms with Crippen molar-refractivity contribution in [1.82, 2.24) is 18.9 Å². The number of hydrogen-bond acceptors (Lipinski definition) is 8. The zero-order chi connectivity index (χ0) is 77.9. The van der Waals surface area contributed by atoms with Crippen molar-refractivity contribution in [2.24, 2.45) is 47.3 Å². The van der Waals surface area contributed by atoms with E-state index in [1.54, 1.807) is 17.0 Å². The van der Waals surface area contributed by atoms with Crippen LogP contribution >= 0.6 is 0 Å². The Kier molecular flexibility index (Phi) is 44.1. The Labute approximate surface area is 663 Å². The third-order valence-corrected chi connectivity index (χ3v) is 27.7. The summed E-state index contributed by atoms with van der Waals surface area (Å²) in [6.07, 6.45) is 81.6. The van der Waals surface area contributed by atoms with E-state index in [0.29, 0.717) is 19.6 Å². The number of unbranched alkanes of at least 4 members (excludes halogenated alkanes) is 38. The first-order valence-electron chi connectivity index (χ1n) is 47.2. The Morgan fingerprint density at radius 2 is 0.486 bits per heavy atom. The molecule has 3 aromatic rings. The molecule has 616 valence electrons. The van der Waals surface area contributed by atoms with E-state index in [1.165, 1.54) is 314 Å². The molecule has 2 saturated carbocycles. The number of benzene rings is 1. The van der Waals surface area contributed by atoms with Gasteiger partial charge in [0, 0.05) is 49.5 Å². The van der Waals surface area contributed by atoms with Gasteiger partial charge in [-0.15, -0.1) is 0 Å². The molecule has 12 heteroatoms. The Hall–Kier alpha value is -4.74. The van der Waals surface area contributed by atoms with E-state index in [4.69, 9.17) is 0 Å². The lowest BCUT2D eigenvalue weighted by atomic mass is 9.61. The van der Waals surface area contributed by atoms with E-state index >= 15 is 0 Å². The highest BCUT2D eigenvalue weighted by atomic mass is 16.2. The summed E-state index contributed by atoms with van der Waals surface area (Å²) >= 11 is 0. The first-order valence-corrected chi connectivity index (χ1v) is 47.2. The second-order valence-electron chi connectivity index (χ2n) is 36.0. The van der Waals surface area contributed by atoms with Crippen LogP contribution in [0.2, 0.25) is 0 Å². The number of rotatable bonds is 65. The molecule has 7 rings (SSSR count). The Morgan fingerprint density at radius 1 is 0.266 bits per heavy atom. The van der Waals surface area contributed by atoms with Gasteiger partial charge in [0.2, 0.25) is 0 Å². The first-order chi connectivity index (χ1) is 53.2. The molecule has 0 spiro atoms. The number of nitrogens with zero attached hydrogens (tertiary/aromatic N) is 4. The highest BCUT2D eigenvalue weighted by Gasteiger charge is 2.42. The quantitative estimate of drug-likeness (QED) is 0.0400. The third-order valence-electron chi connectivity index (χ3n) is 27.7. The van der Waals surface area contributed by atoms with Gasteiger partial charge in [0.05, 0.1) is 21.5 Å². The van der Waals surface area contributed by atoms with Crippen molar-refractivity contribution in [2.45, 2.75) is 452 Å². The van der Waals surface area contributed by atoms with Crippen LogP contribution in [0.15, 0.2) is 55.6 Å². The van der Waals surface area contributed by atoms with Gasteiger partial charge in [-0.25, -0.2) is 0 Å². The number of carbonyl (C=O) groups is 4. The standard InChI is InChI=1S/C97H160N4O8/c1-7-12-17-21-33-45-58-81-77(54-41-19-14-9-3)62-64-79(56-43-31-23-27-37-50-71-97(6,70-49-16-11-5)101-91(104)68-69-92(101)105)83(81)61-48-36-26-30-40-53-74-100-95(108)87-75-85-86(76-88(87)96(100)109)94(107)99(93(85)106)73-52-39-28-24-32-44-57-80-65-63-78(55-42-20-15-10-4)82(59-46-34-22-18-13-8-2)84(80)60-47-35-25-29-38-51-72-98-89(102)66-67-90(98)103/h66-69,75-84H,7-65,70-74H2,1-6H3. The summed E-state index contributed by atoms with van der Waals surface area (Å²) in [5.41, 5.74) is -1.77. The van der Waals surface area contributed by atoms with E-state index in [-0.39, 0.29) is 67.4 Å². The first kappa shape index (κ1) is 91.4. The molecule has 4 aliphatic rings. The molecule has 2 aliphatic carbocycles. The normalized spacial score (nSPS) is 21.0. The van der Waals surface area contributed by atoms with Gasteiger partial charge in [-0.05, 0) is 150 Å². The predicted octanol–water partition coefficient (Wildman–Crippen LogP) is 25.4. The van der Waals surface area contributed by atoms with E-state index in [1.807, 2.05) is 0 Å². The molecule has 4 amide bonds. The summed E-state index contributed by atoms with van der Waals surface area (Å²) in [6.45, 7) is 14.9. The molecule has 109 heavy (non-hydrogen) atoms. The van der Waals surface area contributed by atoms with Gasteiger partial charge in [-0.3, -0.25) is 57.3 Å². The van der Waals surface area contributed by atoms with Gasteiger partial charge < -0.3 is 0 Å². The van der Waals surface area contributed by atoms with Crippen molar-refractivity contribution >= 4 is 45.2 Å². The lowest BCUT2D eigenvalue weighted by Gasteiger charge is -2.44. The maximum Gasteiger partial charge on any atom is 0.261 e. The van der Waals surface area contributed by atoms with Gasteiger partial charge in [0.15, 0.2) is 0 Å². The second-order valence-corrected chi connectivity index (χ2v) is 36.0. The summed E-state index contributed by atoms with van der Waals surface area (Å²) in [7, 11) is 0. The molecule has 0 bridgehead atoms. The fraction of sp³-hybridized carbons (Fsp3) is 0.814. The van der Waals surface area contributed by atoms with Crippen molar-refractivity contribution in [3.63, 3.8) is 0 Å². The third kappa shape index (κ3) is 29.9. The highest BCUT2D eigenvalue weighted by Crippen LogP contribution is 2.50.